The number of urea groups is 1. The highest BCUT2D eigenvalue weighted by atomic mass is 32.1. The fraction of sp³-hybridized carbons (Fsp3) is 0.357. The van der Waals surface area contributed by atoms with Gasteiger partial charge in [0.1, 0.15) is 0 Å². The molecular formula is C14H17N5OS. The predicted molar refractivity (Wildman–Crippen MR) is 83.7 cm³/mol. The van der Waals surface area contributed by atoms with Crippen LogP contribution >= 0.6 is 11.3 Å². The molecule has 0 saturated carbocycles. The molecule has 0 bridgehead atoms. The van der Waals surface area contributed by atoms with Crippen LogP contribution in [0.5, 0.6) is 0 Å². The molecule has 3 heterocycles. The minimum Gasteiger partial charge on any atom is -0.341 e. The van der Waals surface area contributed by atoms with Gasteiger partial charge in [-0.15, -0.1) is 11.3 Å². The third kappa shape index (κ3) is 3.69. The number of anilines is 2. The van der Waals surface area contributed by atoms with Gasteiger partial charge in [0.2, 0.25) is 5.95 Å². The fourth-order valence-electron chi connectivity index (χ4n) is 2.23. The first-order valence-electron chi connectivity index (χ1n) is 6.96. The molecule has 1 saturated heterocycles. The van der Waals surface area contributed by atoms with Gasteiger partial charge in [0.05, 0.1) is 17.2 Å². The first kappa shape index (κ1) is 13.8. The molecule has 1 aliphatic heterocycles. The van der Waals surface area contributed by atoms with Crippen LogP contribution in [-0.4, -0.2) is 29.1 Å². The minimum absolute atomic E-state index is 0.223. The topological polar surface area (TPSA) is 70.2 Å². The molecule has 0 radical (unpaired) electrons. The SMILES string of the molecule is O=C(NCc1ccnc(N2CCCC2)n1)Nc1cccs1. The molecule has 3 rings (SSSR count). The Morgan fingerprint density at radius 3 is 2.95 bits per heavy atom. The van der Waals surface area contributed by atoms with Gasteiger partial charge in [-0.2, -0.15) is 0 Å². The minimum atomic E-state index is -0.223. The average molecular weight is 303 g/mol. The molecule has 6 nitrogen and oxygen atoms in total. The van der Waals surface area contributed by atoms with Crippen LogP contribution in [0, 0.1) is 0 Å². The summed E-state index contributed by atoms with van der Waals surface area (Å²) in [6.07, 6.45) is 4.12. The van der Waals surface area contributed by atoms with Crippen LogP contribution in [0.3, 0.4) is 0 Å². The van der Waals surface area contributed by atoms with Crippen molar-refractivity contribution in [3.8, 4) is 0 Å². The number of aromatic nitrogens is 2. The van der Waals surface area contributed by atoms with Gasteiger partial charge in [0.15, 0.2) is 0 Å². The molecule has 21 heavy (non-hydrogen) atoms. The zero-order valence-corrected chi connectivity index (χ0v) is 12.4. The van der Waals surface area contributed by atoms with Crippen molar-refractivity contribution in [2.24, 2.45) is 0 Å². The zero-order valence-electron chi connectivity index (χ0n) is 11.6. The standard InChI is InChI=1S/C14H17N5OS/c20-14(18-12-4-3-9-21-12)16-10-11-5-6-15-13(17-11)19-7-1-2-8-19/h3-6,9H,1-2,7-8,10H2,(H2,16,18,20). The highest BCUT2D eigenvalue weighted by molar-refractivity contribution is 7.14. The molecule has 1 aliphatic rings. The Balaban J connectivity index is 1.55. The summed E-state index contributed by atoms with van der Waals surface area (Å²) >= 11 is 1.49. The maximum Gasteiger partial charge on any atom is 0.320 e. The molecule has 0 spiro atoms. The van der Waals surface area contributed by atoms with E-state index in [1.54, 1.807) is 6.20 Å². The van der Waals surface area contributed by atoms with Crippen molar-refractivity contribution in [3.05, 3.63) is 35.5 Å². The molecule has 7 heteroatoms. The summed E-state index contributed by atoms with van der Waals surface area (Å²) in [7, 11) is 0. The smallest absolute Gasteiger partial charge is 0.320 e. The fourth-order valence-corrected chi connectivity index (χ4v) is 2.84. The van der Waals surface area contributed by atoms with E-state index >= 15 is 0 Å². The van der Waals surface area contributed by atoms with Gasteiger partial charge in [-0.05, 0) is 36.4 Å². The Kier molecular flexibility index (Phi) is 4.30. The Morgan fingerprint density at radius 2 is 2.19 bits per heavy atom. The number of nitrogens with one attached hydrogen (secondary N) is 2. The number of rotatable bonds is 4. The third-order valence-electron chi connectivity index (χ3n) is 3.28. The summed E-state index contributed by atoms with van der Waals surface area (Å²) in [5.74, 6) is 0.755. The molecule has 2 amide bonds. The van der Waals surface area contributed by atoms with E-state index < -0.39 is 0 Å². The molecule has 0 aliphatic carbocycles. The quantitative estimate of drug-likeness (QED) is 0.910. The van der Waals surface area contributed by atoms with E-state index in [2.05, 4.69) is 25.5 Å². The number of amides is 2. The molecule has 0 aromatic carbocycles. The molecule has 0 unspecified atom stereocenters. The van der Waals surface area contributed by atoms with E-state index in [0.717, 1.165) is 29.7 Å². The summed E-state index contributed by atoms with van der Waals surface area (Å²) < 4.78 is 0. The summed E-state index contributed by atoms with van der Waals surface area (Å²) in [5.41, 5.74) is 0.813. The van der Waals surface area contributed by atoms with Crippen molar-refractivity contribution in [2.75, 3.05) is 23.3 Å². The molecular weight excluding hydrogens is 286 g/mol. The summed E-state index contributed by atoms with van der Waals surface area (Å²) in [4.78, 5) is 22.7. The van der Waals surface area contributed by atoms with Gasteiger partial charge in [-0.1, -0.05) is 0 Å². The molecule has 1 fully saturated rings. The van der Waals surface area contributed by atoms with E-state index in [4.69, 9.17) is 0 Å². The largest absolute Gasteiger partial charge is 0.341 e. The highest BCUT2D eigenvalue weighted by Crippen LogP contribution is 2.16. The Hall–Kier alpha value is -2.15. The lowest BCUT2D eigenvalue weighted by atomic mass is 10.4. The number of carbonyl (C=O) groups excluding carboxylic acids is 1. The van der Waals surface area contributed by atoms with Crippen LogP contribution in [0.15, 0.2) is 29.8 Å². The van der Waals surface area contributed by atoms with Crippen molar-refractivity contribution in [1.82, 2.24) is 15.3 Å². The van der Waals surface area contributed by atoms with Crippen LogP contribution in [-0.2, 0) is 6.54 Å². The van der Waals surface area contributed by atoms with E-state index in [-0.39, 0.29) is 6.03 Å². The van der Waals surface area contributed by atoms with Crippen LogP contribution in [0.1, 0.15) is 18.5 Å². The molecule has 2 aromatic heterocycles. The van der Waals surface area contributed by atoms with Crippen LogP contribution < -0.4 is 15.5 Å². The van der Waals surface area contributed by atoms with E-state index in [9.17, 15) is 4.79 Å². The molecule has 110 valence electrons. The number of hydrogen-bond donors (Lipinski definition) is 2. The maximum absolute atomic E-state index is 11.8. The van der Waals surface area contributed by atoms with Crippen molar-refractivity contribution >= 4 is 28.3 Å². The van der Waals surface area contributed by atoms with E-state index in [1.807, 2.05) is 23.6 Å². The number of thiophene rings is 1. The number of nitrogens with zero attached hydrogens (tertiary/aromatic N) is 3. The van der Waals surface area contributed by atoms with Gasteiger partial charge < -0.3 is 10.2 Å². The van der Waals surface area contributed by atoms with Gasteiger partial charge >= 0.3 is 6.03 Å². The van der Waals surface area contributed by atoms with E-state index in [1.165, 1.54) is 24.2 Å². The third-order valence-corrected chi connectivity index (χ3v) is 4.06. The molecule has 0 atom stereocenters. The van der Waals surface area contributed by atoms with Crippen LogP contribution in [0.2, 0.25) is 0 Å². The lowest BCUT2D eigenvalue weighted by Gasteiger charge is -2.15. The summed E-state index contributed by atoms with van der Waals surface area (Å²) in [6, 6.07) is 5.36. The Bertz CT molecular complexity index is 595. The van der Waals surface area contributed by atoms with Crippen LogP contribution in [0.25, 0.3) is 0 Å². The second kappa shape index (κ2) is 6.53. The van der Waals surface area contributed by atoms with Gasteiger partial charge in [-0.25, -0.2) is 14.8 Å². The Labute approximate surface area is 127 Å². The van der Waals surface area contributed by atoms with Crippen molar-refractivity contribution < 1.29 is 4.79 Å². The van der Waals surface area contributed by atoms with Crippen molar-refractivity contribution in [2.45, 2.75) is 19.4 Å². The first-order valence-corrected chi connectivity index (χ1v) is 7.84. The monoisotopic (exact) mass is 303 g/mol. The lowest BCUT2D eigenvalue weighted by molar-refractivity contribution is 0.251. The lowest BCUT2D eigenvalue weighted by Crippen LogP contribution is -2.28. The number of carbonyl (C=O) groups is 1. The maximum atomic E-state index is 11.8. The van der Waals surface area contributed by atoms with Crippen LogP contribution in [0.4, 0.5) is 15.7 Å². The highest BCUT2D eigenvalue weighted by Gasteiger charge is 2.15. The predicted octanol–water partition coefficient (Wildman–Crippen LogP) is 2.46. The van der Waals surface area contributed by atoms with Gasteiger partial charge in [0, 0.05) is 19.3 Å². The first-order chi connectivity index (χ1) is 10.3. The van der Waals surface area contributed by atoms with Gasteiger partial charge in [0.25, 0.3) is 0 Å². The summed E-state index contributed by atoms with van der Waals surface area (Å²) in [6.45, 7) is 2.41. The second-order valence-corrected chi connectivity index (χ2v) is 5.77. The Morgan fingerprint density at radius 1 is 1.33 bits per heavy atom. The molecule has 2 aromatic rings. The van der Waals surface area contributed by atoms with Crippen molar-refractivity contribution in [3.63, 3.8) is 0 Å². The van der Waals surface area contributed by atoms with Gasteiger partial charge in [-0.3, -0.25) is 5.32 Å². The second-order valence-electron chi connectivity index (χ2n) is 4.83. The average Bonchev–Trinajstić information content (AvgIpc) is 3.19. The van der Waals surface area contributed by atoms with Crippen molar-refractivity contribution in [1.29, 1.82) is 0 Å². The zero-order chi connectivity index (χ0) is 14.5. The number of hydrogen-bond acceptors (Lipinski definition) is 5. The summed E-state index contributed by atoms with van der Waals surface area (Å²) in [5, 5.41) is 8.33. The van der Waals surface area contributed by atoms with E-state index in [0.29, 0.717) is 6.54 Å². The normalized spacial score (nSPS) is 14.2. The molecule has 2 N–H and O–H groups in total.